The molecule has 20 heavy (non-hydrogen) atoms. The van der Waals surface area contributed by atoms with Gasteiger partial charge in [0.25, 0.3) is 0 Å². The number of rotatable bonds is 7. The summed E-state index contributed by atoms with van der Waals surface area (Å²) in [5.41, 5.74) is 0.521. The number of hydrogen-bond donors (Lipinski definition) is 1. The van der Waals surface area contributed by atoms with Crippen LogP contribution in [0.4, 0.5) is 4.39 Å². The number of hydrogen-bond acceptors (Lipinski definition) is 3. The molecule has 0 atom stereocenters. The summed E-state index contributed by atoms with van der Waals surface area (Å²) >= 11 is 0. The Morgan fingerprint density at radius 1 is 1.05 bits per heavy atom. The van der Waals surface area contributed by atoms with Crippen molar-refractivity contribution >= 4 is 0 Å². The fourth-order valence-corrected chi connectivity index (χ4v) is 1.81. The van der Waals surface area contributed by atoms with Crippen LogP contribution in [0.5, 0.6) is 11.5 Å². The van der Waals surface area contributed by atoms with Gasteiger partial charge in [-0.15, -0.1) is 0 Å². The molecule has 0 spiro atoms. The maximum absolute atomic E-state index is 13.9. The van der Waals surface area contributed by atoms with Crippen molar-refractivity contribution in [3.8, 4) is 11.5 Å². The van der Waals surface area contributed by atoms with Crippen LogP contribution in [0, 0.1) is 5.82 Å². The Labute approximate surface area is 118 Å². The Balaban J connectivity index is 2.09. The van der Waals surface area contributed by atoms with E-state index in [0.717, 1.165) is 0 Å². The zero-order chi connectivity index (χ0) is 14.2. The fraction of sp³-hybridized carbons (Fsp3) is 0.250. The third-order valence-corrected chi connectivity index (χ3v) is 2.83. The van der Waals surface area contributed by atoms with Gasteiger partial charge in [0.15, 0.2) is 0 Å². The van der Waals surface area contributed by atoms with Gasteiger partial charge in [0.2, 0.25) is 0 Å². The van der Waals surface area contributed by atoms with Crippen LogP contribution < -0.4 is 10.1 Å². The first kappa shape index (κ1) is 14.5. The molecule has 3 nitrogen and oxygen atoms in total. The second-order valence-corrected chi connectivity index (χ2v) is 4.30. The minimum atomic E-state index is -0.275. The first-order chi connectivity index (χ1) is 9.81. The third kappa shape index (κ3) is 4.05. The Kier molecular flexibility index (Phi) is 5.53. The highest BCUT2D eigenvalue weighted by atomic mass is 19.1. The van der Waals surface area contributed by atoms with E-state index < -0.39 is 0 Å². The predicted octanol–water partition coefficient (Wildman–Crippen LogP) is 3.35. The van der Waals surface area contributed by atoms with Gasteiger partial charge in [-0.25, -0.2) is 4.39 Å². The molecule has 0 aliphatic carbocycles. The molecule has 0 saturated heterocycles. The number of ether oxygens (including phenoxy) is 2. The van der Waals surface area contributed by atoms with E-state index in [-0.39, 0.29) is 5.82 Å². The van der Waals surface area contributed by atoms with Gasteiger partial charge in [0.1, 0.15) is 17.3 Å². The molecule has 0 fully saturated rings. The Bertz CT molecular complexity index is 531. The van der Waals surface area contributed by atoms with Crippen LogP contribution in [0.15, 0.2) is 48.5 Å². The van der Waals surface area contributed by atoms with Crippen LogP contribution in [0.2, 0.25) is 0 Å². The lowest BCUT2D eigenvalue weighted by atomic mass is 10.2. The molecule has 0 aliphatic heterocycles. The molecular formula is C16H18FNO2. The van der Waals surface area contributed by atoms with Crippen molar-refractivity contribution in [3.05, 3.63) is 59.9 Å². The molecule has 0 bridgehead atoms. The summed E-state index contributed by atoms with van der Waals surface area (Å²) in [5.74, 6) is 0.945. The third-order valence-electron chi connectivity index (χ3n) is 2.83. The molecule has 0 heterocycles. The lowest BCUT2D eigenvalue weighted by Crippen LogP contribution is -2.19. The van der Waals surface area contributed by atoms with Gasteiger partial charge < -0.3 is 14.8 Å². The molecule has 0 aliphatic rings. The maximum atomic E-state index is 13.9. The van der Waals surface area contributed by atoms with E-state index in [1.807, 2.05) is 30.3 Å². The highest BCUT2D eigenvalue weighted by molar-refractivity contribution is 5.38. The Morgan fingerprint density at radius 2 is 1.85 bits per heavy atom. The monoisotopic (exact) mass is 275 g/mol. The average Bonchev–Trinajstić information content (AvgIpc) is 2.47. The van der Waals surface area contributed by atoms with Crippen LogP contribution in [0.25, 0.3) is 0 Å². The molecule has 106 valence electrons. The number of nitrogens with one attached hydrogen (secondary N) is 1. The molecule has 0 aromatic heterocycles. The summed E-state index contributed by atoms with van der Waals surface area (Å²) in [4.78, 5) is 0. The SMILES string of the molecule is COCCNCc1c(F)cccc1Oc1ccccc1. The van der Waals surface area contributed by atoms with E-state index in [1.54, 1.807) is 19.2 Å². The van der Waals surface area contributed by atoms with Gasteiger partial charge in [-0.1, -0.05) is 24.3 Å². The maximum Gasteiger partial charge on any atom is 0.134 e. The summed E-state index contributed by atoms with van der Waals surface area (Å²) in [5, 5.41) is 3.12. The van der Waals surface area contributed by atoms with Gasteiger partial charge in [-0.3, -0.25) is 0 Å². The predicted molar refractivity (Wildman–Crippen MR) is 76.5 cm³/mol. The van der Waals surface area contributed by atoms with Gasteiger partial charge in [0.05, 0.1) is 6.61 Å². The molecule has 2 aromatic rings. The highest BCUT2D eigenvalue weighted by Gasteiger charge is 2.10. The van der Waals surface area contributed by atoms with E-state index >= 15 is 0 Å². The zero-order valence-corrected chi connectivity index (χ0v) is 11.4. The standard InChI is InChI=1S/C16H18FNO2/c1-19-11-10-18-12-14-15(17)8-5-9-16(14)20-13-6-3-2-4-7-13/h2-9,18H,10-12H2,1H3. The Morgan fingerprint density at radius 3 is 2.60 bits per heavy atom. The lowest BCUT2D eigenvalue weighted by Gasteiger charge is -2.12. The van der Waals surface area contributed by atoms with Crippen molar-refractivity contribution in [2.75, 3.05) is 20.3 Å². The number of benzene rings is 2. The van der Waals surface area contributed by atoms with Crippen LogP contribution in [0.1, 0.15) is 5.56 Å². The van der Waals surface area contributed by atoms with E-state index in [9.17, 15) is 4.39 Å². The molecule has 1 N–H and O–H groups in total. The molecule has 2 aromatic carbocycles. The first-order valence-electron chi connectivity index (χ1n) is 6.51. The van der Waals surface area contributed by atoms with E-state index in [0.29, 0.717) is 36.8 Å². The largest absolute Gasteiger partial charge is 0.457 e. The van der Waals surface area contributed by atoms with Crippen LogP contribution in [-0.2, 0) is 11.3 Å². The topological polar surface area (TPSA) is 30.5 Å². The summed E-state index contributed by atoms with van der Waals surface area (Å²) < 4.78 is 24.6. The first-order valence-corrected chi connectivity index (χ1v) is 6.51. The molecular weight excluding hydrogens is 257 g/mol. The second kappa shape index (κ2) is 7.62. The van der Waals surface area contributed by atoms with Crippen molar-refractivity contribution < 1.29 is 13.9 Å². The van der Waals surface area contributed by atoms with Crippen molar-refractivity contribution in [1.82, 2.24) is 5.32 Å². The highest BCUT2D eigenvalue weighted by Crippen LogP contribution is 2.26. The van der Waals surface area contributed by atoms with Crippen molar-refractivity contribution in [2.45, 2.75) is 6.54 Å². The molecule has 2 rings (SSSR count). The number of methoxy groups -OCH3 is 1. The van der Waals surface area contributed by atoms with Gasteiger partial charge in [-0.05, 0) is 24.3 Å². The Hall–Kier alpha value is -1.91. The van der Waals surface area contributed by atoms with Crippen LogP contribution >= 0.6 is 0 Å². The smallest absolute Gasteiger partial charge is 0.134 e. The van der Waals surface area contributed by atoms with Crippen LogP contribution in [-0.4, -0.2) is 20.3 Å². The lowest BCUT2D eigenvalue weighted by molar-refractivity contribution is 0.199. The van der Waals surface area contributed by atoms with Crippen molar-refractivity contribution in [3.63, 3.8) is 0 Å². The number of para-hydroxylation sites is 1. The van der Waals surface area contributed by atoms with E-state index in [1.165, 1.54) is 6.07 Å². The molecule has 4 heteroatoms. The minimum Gasteiger partial charge on any atom is -0.457 e. The van der Waals surface area contributed by atoms with Gasteiger partial charge >= 0.3 is 0 Å². The minimum absolute atomic E-state index is 0.275. The summed E-state index contributed by atoms with van der Waals surface area (Å²) in [6, 6.07) is 14.2. The van der Waals surface area contributed by atoms with E-state index in [4.69, 9.17) is 9.47 Å². The summed E-state index contributed by atoms with van der Waals surface area (Å²) in [6.45, 7) is 1.65. The van der Waals surface area contributed by atoms with Crippen LogP contribution in [0.3, 0.4) is 0 Å². The normalized spacial score (nSPS) is 10.5. The van der Waals surface area contributed by atoms with E-state index in [2.05, 4.69) is 5.32 Å². The van der Waals surface area contributed by atoms with Crippen molar-refractivity contribution in [1.29, 1.82) is 0 Å². The fourth-order valence-electron chi connectivity index (χ4n) is 1.81. The number of halogens is 1. The average molecular weight is 275 g/mol. The van der Waals surface area contributed by atoms with Gasteiger partial charge in [-0.2, -0.15) is 0 Å². The molecule has 0 unspecified atom stereocenters. The van der Waals surface area contributed by atoms with Gasteiger partial charge in [0, 0.05) is 25.8 Å². The molecule has 0 radical (unpaired) electrons. The van der Waals surface area contributed by atoms with Crippen molar-refractivity contribution in [2.24, 2.45) is 0 Å². The molecule has 0 amide bonds. The quantitative estimate of drug-likeness (QED) is 0.786. The zero-order valence-electron chi connectivity index (χ0n) is 11.4. The summed E-state index contributed by atoms with van der Waals surface area (Å²) in [6.07, 6.45) is 0. The molecule has 0 saturated carbocycles. The second-order valence-electron chi connectivity index (χ2n) is 4.30. The summed E-state index contributed by atoms with van der Waals surface area (Å²) in [7, 11) is 1.63.